The number of rotatable bonds is 4. The minimum absolute atomic E-state index is 0.318. The molecule has 2 heterocycles. The van der Waals surface area contributed by atoms with Gasteiger partial charge in [-0.1, -0.05) is 42.5 Å². The number of hydrogen-bond acceptors (Lipinski definition) is 4. The van der Waals surface area contributed by atoms with Crippen molar-refractivity contribution >= 4 is 28.2 Å². The summed E-state index contributed by atoms with van der Waals surface area (Å²) in [6.45, 7) is 1.96. The van der Waals surface area contributed by atoms with Crippen LogP contribution in [-0.4, -0.2) is 16.0 Å². The molecule has 6 heteroatoms. The second kappa shape index (κ2) is 8.02. The maximum absolute atomic E-state index is 12.3. The van der Waals surface area contributed by atoms with E-state index in [1.807, 2.05) is 79.0 Å². The summed E-state index contributed by atoms with van der Waals surface area (Å²) in [6, 6.07) is 21.3. The Bertz CT molecular complexity index is 1090. The lowest BCUT2D eigenvalue weighted by Gasteiger charge is -2.07. The van der Waals surface area contributed by atoms with Crippen molar-refractivity contribution in [3.63, 3.8) is 0 Å². The van der Waals surface area contributed by atoms with E-state index in [0.717, 1.165) is 28.1 Å². The molecule has 0 radical (unpaired) electrons. The minimum Gasteiger partial charge on any atom is -0.308 e. The summed E-state index contributed by atoms with van der Waals surface area (Å²) in [5, 5.41) is 8.10. The summed E-state index contributed by atoms with van der Waals surface area (Å²) in [6.07, 6.45) is 1.79. The van der Waals surface area contributed by atoms with Crippen molar-refractivity contribution in [2.75, 3.05) is 10.6 Å². The molecule has 0 fully saturated rings. The van der Waals surface area contributed by atoms with Gasteiger partial charge in [-0.25, -0.2) is 9.78 Å². The number of nitrogens with one attached hydrogen (secondary N) is 2. The van der Waals surface area contributed by atoms with Crippen LogP contribution in [0.2, 0.25) is 0 Å². The largest absolute Gasteiger partial charge is 0.325 e. The van der Waals surface area contributed by atoms with Crippen LogP contribution in [0.25, 0.3) is 22.4 Å². The summed E-state index contributed by atoms with van der Waals surface area (Å²) >= 11 is 1.40. The van der Waals surface area contributed by atoms with Gasteiger partial charge in [0.15, 0.2) is 5.13 Å². The summed E-state index contributed by atoms with van der Waals surface area (Å²) in [5.41, 5.74) is 5.72. The maximum Gasteiger partial charge on any atom is 0.325 e. The molecule has 2 aromatic carbocycles. The van der Waals surface area contributed by atoms with Crippen LogP contribution in [0.5, 0.6) is 0 Å². The van der Waals surface area contributed by atoms with Crippen LogP contribution in [0.15, 0.2) is 78.3 Å². The Hall–Kier alpha value is -3.51. The van der Waals surface area contributed by atoms with Crippen molar-refractivity contribution in [2.45, 2.75) is 6.92 Å². The number of benzene rings is 2. The first kappa shape index (κ1) is 17.9. The zero-order valence-electron chi connectivity index (χ0n) is 15.2. The minimum atomic E-state index is -0.318. The molecule has 0 saturated heterocycles. The number of anilines is 2. The van der Waals surface area contributed by atoms with E-state index in [-0.39, 0.29) is 6.03 Å². The molecule has 5 nitrogen and oxygen atoms in total. The second-order valence-corrected chi connectivity index (χ2v) is 7.10. The van der Waals surface area contributed by atoms with Gasteiger partial charge in [0.05, 0.1) is 5.69 Å². The number of pyridine rings is 1. The third-order valence-corrected chi connectivity index (χ3v) is 4.92. The molecular weight excluding hydrogens is 368 g/mol. The van der Waals surface area contributed by atoms with Crippen LogP contribution in [-0.2, 0) is 0 Å². The lowest BCUT2D eigenvalue weighted by atomic mass is 10.1. The van der Waals surface area contributed by atoms with Gasteiger partial charge in [0.1, 0.15) is 0 Å². The normalized spacial score (nSPS) is 10.5. The Balaban J connectivity index is 1.39. The van der Waals surface area contributed by atoms with Crippen molar-refractivity contribution in [3.8, 4) is 22.4 Å². The molecule has 28 heavy (non-hydrogen) atoms. The van der Waals surface area contributed by atoms with E-state index in [1.165, 1.54) is 11.3 Å². The molecular formula is C22H18N4OS. The Kier molecular flexibility index (Phi) is 5.12. The van der Waals surface area contributed by atoms with E-state index in [9.17, 15) is 4.79 Å². The summed E-state index contributed by atoms with van der Waals surface area (Å²) < 4.78 is 0. The van der Waals surface area contributed by atoms with E-state index in [2.05, 4.69) is 20.6 Å². The van der Waals surface area contributed by atoms with E-state index in [0.29, 0.717) is 10.8 Å². The zero-order chi connectivity index (χ0) is 19.3. The highest BCUT2D eigenvalue weighted by molar-refractivity contribution is 7.14. The fraction of sp³-hybridized carbons (Fsp3) is 0.0455. The van der Waals surface area contributed by atoms with Crippen molar-refractivity contribution in [3.05, 3.63) is 84.0 Å². The monoisotopic (exact) mass is 386 g/mol. The highest BCUT2D eigenvalue weighted by atomic mass is 32.1. The lowest BCUT2D eigenvalue weighted by Crippen LogP contribution is -2.19. The van der Waals surface area contributed by atoms with E-state index >= 15 is 0 Å². The molecule has 2 aromatic heterocycles. The van der Waals surface area contributed by atoms with Gasteiger partial charge in [-0.15, -0.1) is 11.3 Å². The molecule has 0 spiro atoms. The molecule has 0 bridgehead atoms. The van der Waals surface area contributed by atoms with E-state index in [1.54, 1.807) is 6.20 Å². The first-order valence-corrected chi connectivity index (χ1v) is 9.67. The number of thiazole rings is 1. The van der Waals surface area contributed by atoms with E-state index < -0.39 is 0 Å². The second-order valence-electron chi connectivity index (χ2n) is 6.25. The van der Waals surface area contributed by atoms with Gasteiger partial charge < -0.3 is 5.32 Å². The molecule has 2 N–H and O–H groups in total. The number of hydrogen-bond donors (Lipinski definition) is 2. The number of nitrogens with zero attached hydrogens (tertiary/aromatic N) is 2. The number of urea groups is 1. The van der Waals surface area contributed by atoms with Gasteiger partial charge in [0, 0.05) is 28.5 Å². The SMILES string of the molecule is Cc1cc(-c2ccc(NC(=O)Nc3nc(-c4ccccc4)cs3)cc2)ccn1. The van der Waals surface area contributed by atoms with Gasteiger partial charge in [-0.3, -0.25) is 10.3 Å². The van der Waals surface area contributed by atoms with Crippen LogP contribution in [0, 0.1) is 6.92 Å². The highest BCUT2D eigenvalue weighted by Crippen LogP contribution is 2.25. The smallest absolute Gasteiger partial charge is 0.308 e. The van der Waals surface area contributed by atoms with Crippen LogP contribution in [0.3, 0.4) is 0 Å². The molecule has 0 aliphatic heterocycles. The summed E-state index contributed by atoms with van der Waals surface area (Å²) in [5.74, 6) is 0. The Morgan fingerprint density at radius 2 is 1.68 bits per heavy atom. The fourth-order valence-corrected chi connectivity index (χ4v) is 3.52. The third-order valence-electron chi connectivity index (χ3n) is 4.17. The Morgan fingerprint density at radius 3 is 2.43 bits per heavy atom. The molecule has 0 aliphatic rings. The first-order chi connectivity index (χ1) is 13.7. The molecule has 2 amide bonds. The van der Waals surface area contributed by atoms with Gasteiger partial charge in [-0.2, -0.15) is 0 Å². The summed E-state index contributed by atoms with van der Waals surface area (Å²) in [4.78, 5) is 20.9. The van der Waals surface area contributed by atoms with Gasteiger partial charge in [0.2, 0.25) is 0 Å². The molecule has 4 rings (SSSR count). The van der Waals surface area contributed by atoms with Gasteiger partial charge in [-0.05, 0) is 42.3 Å². The molecule has 138 valence electrons. The van der Waals surface area contributed by atoms with Crippen LogP contribution >= 0.6 is 11.3 Å². The van der Waals surface area contributed by atoms with Crippen LogP contribution in [0.1, 0.15) is 5.69 Å². The van der Waals surface area contributed by atoms with Crippen LogP contribution in [0.4, 0.5) is 15.6 Å². The number of carbonyl (C=O) groups is 1. The van der Waals surface area contributed by atoms with Crippen LogP contribution < -0.4 is 10.6 Å². The number of amides is 2. The lowest BCUT2D eigenvalue weighted by molar-refractivity contribution is 0.262. The third kappa shape index (κ3) is 4.24. The summed E-state index contributed by atoms with van der Waals surface area (Å²) in [7, 11) is 0. The average Bonchev–Trinajstić information content (AvgIpc) is 3.17. The predicted octanol–water partition coefficient (Wildman–Crippen LogP) is 5.82. The molecule has 4 aromatic rings. The van der Waals surface area contributed by atoms with E-state index in [4.69, 9.17) is 0 Å². The molecule has 0 saturated carbocycles. The zero-order valence-corrected chi connectivity index (χ0v) is 16.0. The standard InChI is InChI=1S/C22H18N4OS/c1-15-13-18(11-12-23-15)16-7-9-19(10-8-16)24-21(27)26-22-25-20(14-28-22)17-5-3-2-4-6-17/h2-14H,1H3,(H2,24,25,26,27). The topological polar surface area (TPSA) is 66.9 Å². The van der Waals surface area contributed by atoms with Crippen molar-refractivity contribution < 1.29 is 4.79 Å². The first-order valence-electron chi connectivity index (χ1n) is 8.79. The van der Waals surface area contributed by atoms with Crippen molar-refractivity contribution in [1.82, 2.24) is 9.97 Å². The van der Waals surface area contributed by atoms with Gasteiger partial charge in [0.25, 0.3) is 0 Å². The molecule has 0 aliphatic carbocycles. The van der Waals surface area contributed by atoms with Crippen molar-refractivity contribution in [1.29, 1.82) is 0 Å². The fourth-order valence-electron chi connectivity index (χ4n) is 2.80. The maximum atomic E-state index is 12.3. The Labute approximate surface area is 167 Å². The molecule has 0 atom stereocenters. The number of carbonyl (C=O) groups excluding carboxylic acids is 1. The van der Waals surface area contributed by atoms with Gasteiger partial charge >= 0.3 is 6.03 Å². The Morgan fingerprint density at radius 1 is 0.893 bits per heavy atom. The predicted molar refractivity (Wildman–Crippen MR) is 115 cm³/mol. The quantitative estimate of drug-likeness (QED) is 0.464. The number of aromatic nitrogens is 2. The average molecular weight is 386 g/mol. The number of aryl methyl sites for hydroxylation is 1. The van der Waals surface area contributed by atoms with Crippen molar-refractivity contribution in [2.24, 2.45) is 0 Å². The molecule has 0 unspecified atom stereocenters. The highest BCUT2D eigenvalue weighted by Gasteiger charge is 2.08.